The van der Waals surface area contributed by atoms with Crippen molar-refractivity contribution in [3.63, 3.8) is 0 Å². The monoisotopic (exact) mass is 248 g/mol. The van der Waals surface area contributed by atoms with E-state index < -0.39 is 0 Å². The van der Waals surface area contributed by atoms with Crippen LogP contribution in [0.3, 0.4) is 0 Å². The molecule has 1 aromatic carbocycles. The summed E-state index contributed by atoms with van der Waals surface area (Å²) >= 11 is 6.23. The molecular weight excluding hydrogens is 232 g/mol. The van der Waals surface area contributed by atoms with Crippen LogP contribution in [-0.2, 0) is 13.1 Å². The number of halogens is 1. The van der Waals surface area contributed by atoms with Crippen molar-refractivity contribution in [3.05, 3.63) is 57.9 Å². The Kier molecular flexibility index (Phi) is 3.55. The van der Waals surface area contributed by atoms with Crippen molar-refractivity contribution in [1.29, 1.82) is 0 Å². The second kappa shape index (κ2) is 4.94. The average molecular weight is 249 g/mol. The molecule has 0 unspecified atom stereocenters. The molecule has 0 saturated heterocycles. The molecule has 0 radical (unpaired) electrons. The van der Waals surface area contributed by atoms with Gasteiger partial charge in [0.15, 0.2) is 0 Å². The predicted molar refractivity (Wildman–Crippen MR) is 72.4 cm³/mol. The summed E-state index contributed by atoms with van der Waals surface area (Å²) < 4.78 is 2.18. The van der Waals surface area contributed by atoms with Crippen molar-refractivity contribution >= 4 is 11.6 Å². The highest BCUT2D eigenvalue weighted by Gasteiger charge is 2.06. The summed E-state index contributed by atoms with van der Waals surface area (Å²) in [5.74, 6) is 0. The van der Waals surface area contributed by atoms with E-state index >= 15 is 0 Å². The summed E-state index contributed by atoms with van der Waals surface area (Å²) in [7, 11) is 0. The zero-order valence-electron chi connectivity index (χ0n) is 10.2. The summed E-state index contributed by atoms with van der Waals surface area (Å²) in [5.41, 5.74) is 10.4. The Balaban J connectivity index is 2.28. The van der Waals surface area contributed by atoms with Crippen LogP contribution in [0.1, 0.15) is 22.4 Å². The molecule has 0 atom stereocenters. The normalized spacial score (nSPS) is 10.8. The summed E-state index contributed by atoms with van der Waals surface area (Å²) in [5, 5.41) is 0.826. The molecule has 3 heteroatoms. The Morgan fingerprint density at radius 3 is 2.53 bits per heavy atom. The number of benzene rings is 1. The van der Waals surface area contributed by atoms with E-state index in [9.17, 15) is 0 Å². The molecule has 0 saturated carbocycles. The van der Waals surface area contributed by atoms with E-state index in [0.29, 0.717) is 6.54 Å². The third kappa shape index (κ3) is 2.54. The fourth-order valence-electron chi connectivity index (χ4n) is 1.95. The smallest absolute Gasteiger partial charge is 0.0487 e. The maximum Gasteiger partial charge on any atom is 0.0487 e. The third-order valence-corrected chi connectivity index (χ3v) is 3.47. The standard InChI is InChI=1S/C14H17ClN2/c1-10-3-4-13(14(15)7-10)9-17-6-5-12(8-16)11(17)2/h3-7H,8-9,16H2,1-2H3. The van der Waals surface area contributed by atoms with Crippen LogP contribution in [0.5, 0.6) is 0 Å². The lowest BCUT2D eigenvalue weighted by molar-refractivity contribution is 0.769. The number of rotatable bonds is 3. The zero-order chi connectivity index (χ0) is 12.4. The topological polar surface area (TPSA) is 30.9 Å². The van der Waals surface area contributed by atoms with E-state index in [1.807, 2.05) is 13.0 Å². The van der Waals surface area contributed by atoms with E-state index in [4.69, 9.17) is 17.3 Å². The number of hydrogen-bond acceptors (Lipinski definition) is 1. The molecule has 17 heavy (non-hydrogen) atoms. The SMILES string of the molecule is Cc1ccc(Cn2ccc(CN)c2C)c(Cl)c1. The Morgan fingerprint density at radius 1 is 1.18 bits per heavy atom. The fraction of sp³-hybridized carbons (Fsp3) is 0.286. The highest BCUT2D eigenvalue weighted by molar-refractivity contribution is 6.31. The minimum Gasteiger partial charge on any atom is -0.347 e. The van der Waals surface area contributed by atoms with Gasteiger partial charge in [0, 0.05) is 30.0 Å². The molecule has 1 aromatic heterocycles. The zero-order valence-corrected chi connectivity index (χ0v) is 11.0. The van der Waals surface area contributed by atoms with Gasteiger partial charge in [-0.15, -0.1) is 0 Å². The van der Waals surface area contributed by atoms with Gasteiger partial charge in [0.25, 0.3) is 0 Å². The minimum absolute atomic E-state index is 0.584. The van der Waals surface area contributed by atoms with Crippen molar-refractivity contribution in [2.45, 2.75) is 26.9 Å². The van der Waals surface area contributed by atoms with Crippen LogP contribution in [0.2, 0.25) is 5.02 Å². The molecule has 0 fully saturated rings. The molecule has 2 nitrogen and oxygen atoms in total. The van der Waals surface area contributed by atoms with E-state index in [-0.39, 0.29) is 0 Å². The van der Waals surface area contributed by atoms with E-state index in [1.54, 1.807) is 0 Å². The largest absolute Gasteiger partial charge is 0.347 e. The lowest BCUT2D eigenvalue weighted by Gasteiger charge is -2.09. The molecule has 2 rings (SSSR count). The van der Waals surface area contributed by atoms with Crippen molar-refractivity contribution in [3.8, 4) is 0 Å². The highest BCUT2D eigenvalue weighted by atomic mass is 35.5. The number of hydrogen-bond donors (Lipinski definition) is 1. The molecule has 2 N–H and O–H groups in total. The summed E-state index contributed by atoms with van der Waals surface area (Å²) in [6.45, 7) is 5.51. The molecule has 0 bridgehead atoms. The first-order valence-corrected chi connectivity index (χ1v) is 6.09. The van der Waals surface area contributed by atoms with Gasteiger partial charge in [-0.3, -0.25) is 0 Å². The van der Waals surface area contributed by atoms with Gasteiger partial charge < -0.3 is 10.3 Å². The molecule has 0 spiro atoms. The third-order valence-electron chi connectivity index (χ3n) is 3.12. The lowest BCUT2D eigenvalue weighted by atomic mass is 10.1. The van der Waals surface area contributed by atoms with Gasteiger partial charge in [-0.2, -0.15) is 0 Å². The van der Waals surface area contributed by atoms with Gasteiger partial charge in [0.05, 0.1) is 0 Å². The molecule has 1 heterocycles. The van der Waals surface area contributed by atoms with Gasteiger partial charge in [-0.1, -0.05) is 23.7 Å². The van der Waals surface area contributed by atoms with Crippen LogP contribution in [0.15, 0.2) is 30.5 Å². The molecular formula is C14H17ClN2. The second-order valence-electron chi connectivity index (χ2n) is 4.35. The molecule has 0 amide bonds. The lowest BCUT2D eigenvalue weighted by Crippen LogP contribution is -2.04. The van der Waals surface area contributed by atoms with Crippen LogP contribution < -0.4 is 5.73 Å². The first kappa shape index (κ1) is 12.2. The van der Waals surface area contributed by atoms with Crippen molar-refractivity contribution in [2.24, 2.45) is 5.73 Å². The summed E-state index contributed by atoms with van der Waals surface area (Å²) in [4.78, 5) is 0. The maximum absolute atomic E-state index is 6.23. The molecule has 0 aliphatic rings. The maximum atomic E-state index is 6.23. The molecule has 0 aliphatic carbocycles. The van der Waals surface area contributed by atoms with Gasteiger partial charge >= 0.3 is 0 Å². The van der Waals surface area contributed by atoms with Crippen LogP contribution in [0.4, 0.5) is 0 Å². The van der Waals surface area contributed by atoms with Crippen molar-refractivity contribution in [2.75, 3.05) is 0 Å². The summed E-state index contributed by atoms with van der Waals surface area (Å²) in [6, 6.07) is 8.24. The number of aryl methyl sites for hydroxylation is 1. The Hall–Kier alpha value is -1.25. The predicted octanol–water partition coefficient (Wildman–Crippen LogP) is 3.27. The molecule has 0 aliphatic heterocycles. The minimum atomic E-state index is 0.584. The first-order chi connectivity index (χ1) is 8.11. The number of nitrogens with two attached hydrogens (primary N) is 1. The molecule has 2 aromatic rings. The van der Waals surface area contributed by atoms with E-state index in [1.165, 1.54) is 16.8 Å². The van der Waals surface area contributed by atoms with E-state index in [0.717, 1.165) is 17.1 Å². The highest BCUT2D eigenvalue weighted by Crippen LogP contribution is 2.20. The van der Waals surface area contributed by atoms with Crippen molar-refractivity contribution < 1.29 is 0 Å². The van der Waals surface area contributed by atoms with Gasteiger partial charge in [-0.05, 0) is 42.7 Å². The van der Waals surface area contributed by atoms with Crippen LogP contribution in [0, 0.1) is 13.8 Å². The van der Waals surface area contributed by atoms with Gasteiger partial charge in [0.2, 0.25) is 0 Å². The first-order valence-electron chi connectivity index (χ1n) is 5.71. The van der Waals surface area contributed by atoms with Gasteiger partial charge in [-0.25, -0.2) is 0 Å². The average Bonchev–Trinajstić information content (AvgIpc) is 2.64. The van der Waals surface area contributed by atoms with E-state index in [2.05, 4.69) is 35.9 Å². The van der Waals surface area contributed by atoms with Gasteiger partial charge in [0.1, 0.15) is 0 Å². The Morgan fingerprint density at radius 2 is 1.94 bits per heavy atom. The second-order valence-corrected chi connectivity index (χ2v) is 4.76. The molecule has 90 valence electrons. The van der Waals surface area contributed by atoms with Crippen LogP contribution in [0.25, 0.3) is 0 Å². The fourth-order valence-corrected chi connectivity index (χ4v) is 2.24. The quantitative estimate of drug-likeness (QED) is 0.888. The number of nitrogens with zero attached hydrogens (tertiary/aromatic N) is 1. The Bertz CT molecular complexity index is 529. The summed E-state index contributed by atoms with van der Waals surface area (Å²) in [6.07, 6.45) is 2.06. The van der Waals surface area contributed by atoms with Crippen molar-refractivity contribution in [1.82, 2.24) is 4.57 Å². The number of aromatic nitrogens is 1. The van der Waals surface area contributed by atoms with Crippen LogP contribution in [-0.4, -0.2) is 4.57 Å². The Labute approximate surface area is 107 Å². The van der Waals surface area contributed by atoms with Crippen LogP contribution >= 0.6 is 11.6 Å².